The molecule has 1 atom stereocenters. The average Bonchev–Trinajstić information content (AvgIpc) is 3.30. The van der Waals surface area contributed by atoms with Crippen LogP contribution in [0.25, 0.3) is 0 Å². The Balaban J connectivity index is 0.00000225. The number of aliphatic imine (C=N–C) groups is 1. The normalized spacial score (nSPS) is 26.5. The molecule has 1 aromatic heterocycles. The molecule has 1 aromatic rings. The van der Waals surface area contributed by atoms with Crippen LogP contribution in [-0.2, 0) is 18.3 Å². The average molecular weight is 502 g/mol. The summed E-state index contributed by atoms with van der Waals surface area (Å²) in [5.74, 6) is 2.92. The number of ether oxygens (including phenoxy) is 1. The maximum atomic E-state index is 5.86. The Labute approximate surface area is 185 Å². The Kier molecular flexibility index (Phi) is 7.58. The molecule has 3 fully saturated rings. The second-order valence-corrected chi connectivity index (χ2v) is 8.67. The molecule has 1 spiro atoms. The number of aryl methyl sites for hydroxylation is 1. The summed E-state index contributed by atoms with van der Waals surface area (Å²) in [4.78, 5) is 7.49. The van der Waals surface area contributed by atoms with Crippen molar-refractivity contribution >= 4 is 29.9 Å². The first kappa shape index (κ1) is 21.8. The molecule has 1 aliphatic carbocycles. The minimum Gasteiger partial charge on any atom is -0.381 e. The molecule has 7 nitrogen and oxygen atoms in total. The lowest BCUT2D eigenvalue weighted by Crippen LogP contribution is -2.54. The molecule has 0 aromatic carbocycles. The lowest BCUT2D eigenvalue weighted by Gasteiger charge is -2.46. The molecular weight excluding hydrogens is 467 g/mol. The van der Waals surface area contributed by atoms with E-state index >= 15 is 0 Å². The van der Waals surface area contributed by atoms with Crippen LogP contribution in [0.2, 0.25) is 0 Å². The minimum atomic E-state index is 0. The quantitative estimate of drug-likeness (QED) is 0.391. The molecule has 8 heteroatoms. The molecule has 1 N–H and O–H groups in total. The van der Waals surface area contributed by atoms with Crippen LogP contribution in [0, 0.1) is 12.3 Å². The third kappa shape index (κ3) is 4.98. The Morgan fingerprint density at radius 2 is 2.00 bits per heavy atom. The first-order valence-corrected chi connectivity index (χ1v) is 10.6. The molecule has 28 heavy (non-hydrogen) atoms. The molecule has 158 valence electrons. The van der Waals surface area contributed by atoms with Crippen LogP contribution in [0.3, 0.4) is 0 Å². The molecule has 0 radical (unpaired) electrons. The predicted molar refractivity (Wildman–Crippen MR) is 121 cm³/mol. The summed E-state index contributed by atoms with van der Waals surface area (Å²) in [5, 5.41) is 12.2. The van der Waals surface area contributed by atoms with E-state index in [9.17, 15) is 0 Å². The highest BCUT2D eigenvalue weighted by molar-refractivity contribution is 14.0. The van der Waals surface area contributed by atoms with Crippen LogP contribution >= 0.6 is 24.0 Å². The van der Waals surface area contributed by atoms with Crippen molar-refractivity contribution in [3.63, 3.8) is 0 Å². The van der Waals surface area contributed by atoms with Crippen molar-refractivity contribution in [1.29, 1.82) is 0 Å². The standard InChI is InChI=1S/C20H34N6O.HI/c1-16-23-24-18(25(16)2)13-21-19(22-17-7-3-4-8-17)26-11-5-9-20(14-26)10-6-12-27-15-20;/h17H,3-15H2,1-2H3,(H,21,22);1H. The van der Waals surface area contributed by atoms with Crippen molar-refractivity contribution in [3.05, 3.63) is 11.6 Å². The summed E-state index contributed by atoms with van der Waals surface area (Å²) in [6.45, 7) is 6.53. The fourth-order valence-electron chi connectivity index (χ4n) is 4.84. The van der Waals surface area contributed by atoms with Crippen molar-refractivity contribution in [2.24, 2.45) is 17.5 Å². The summed E-state index contributed by atoms with van der Waals surface area (Å²) in [6, 6.07) is 0.561. The van der Waals surface area contributed by atoms with E-state index in [1.807, 2.05) is 18.5 Å². The van der Waals surface area contributed by atoms with Crippen LogP contribution in [0.4, 0.5) is 0 Å². The first-order chi connectivity index (χ1) is 13.2. The van der Waals surface area contributed by atoms with Crippen molar-refractivity contribution < 1.29 is 4.74 Å². The third-order valence-electron chi connectivity index (χ3n) is 6.61. The Morgan fingerprint density at radius 1 is 1.21 bits per heavy atom. The van der Waals surface area contributed by atoms with E-state index in [1.165, 1.54) is 51.4 Å². The largest absolute Gasteiger partial charge is 0.381 e. The molecule has 2 aliphatic heterocycles. The third-order valence-corrected chi connectivity index (χ3v) is 6.61. The molecule has 2 saturated heterocycles. The van der Waals surface area contributed by atoms with Gasteiger partial charge in [-0.1, -0.05) is 12.8 Å². The summed E-state index contributed by atoms with van der Waals surface area (Å²) in [7, 11) is 2.01. The molecular formula is C20H35IN6O. The van der Waals surface area contributed by atoms with E-state index in [0.717, 1.165) is 43.9 Å². The Morgan fingerprint density at radius 3 is 2.68 bits per heavy atom. The van der Waals surface area contributed by atoms with Gasteiger partial charge in [-0.3, -0.25) is 0 Å². The summed E-state index contributed by atoms with van der Waals surface area (Å²) >= 11 is 0. The van der Waals surface area contributed by atoms with Crippen molar-refractivity contribution in [2.75, 3.05) is 26.3 Å². The monoisotopic (exact) mass is 502 g/mol. The Bertz CT molecular complexity index is 658. The van der Waals surface area contributed by atoms with Gasteiger partial charge in [0.25, 0.3) is 0 Å². The Hall–Kier alpha value is -0.900. The number of nitrogens with one attached hydrogen (secondary N) is 1. The van der Waals surface area contributed by atoms with E-state index in [-0.39, 0.29) is 24.0 Å². The predicted octanol–water partition coefficient (Wildman–Crippen LogP) is 3.02. The summed E-state index contributed by atoms with van der Waals surface area (Å²) in [5.41, 5.74) is 0.315. The van der Waals surface area contributed by atoms with Crippen molar-refractivity contribution in [1.82, 2.24) is 25.0 Å². The van der Waals surface area contributed by atoms with Gasteiger partial charge in [0.05, 0.1) is 6.61 Å². The van der Waals surface area contributed by atoms with Crippen LogP contribution in [0.15, 0.2) is 4.99 Å². The molecule has 4 rings (SSSR count). The summed E-state index contributed by atoms with van der Waals surface area (Å²) in [6.07, 6.45) is 10.1. The van der Waals surface area contributed by atoms with Gasteiger partial charge in [0.1, 0.15) is 12.4 Å². The maximum Gasteiger partial charge on any atom is 0.194 e. The fourth-order valence-corrected chi connectivity index (χ4v) is 4.84. The van der Waals surface area contributed by atoms with Gasteiger partial charge in [-0.15, -0.1) is 34.2 Å². The molecule has 1 saturated carbocycles. The molecule has 0 bridgehead atoms. The van der Waals surface area contributed by atoms with Crippen LogP contribution in [0.5, 0.6) is 0 Å². The zero-order valence-corrected chi connectivity index (χ0v) is 19.7. The minimum absolute atomic E-state index is 0. The van der Waals surface area contributed by atoms with E-state index in [2.05, 4.69) is 20.4 Å². The molecule has 0 amide bonds. The first-order valence-electron chi connectivity index (χ1n) is 10.6. The van der Waals surface area contributed by atoms with E-state index < -0.39 is 0 Å². The second kappa shape index (κ2) is 9.73. The van der Waals surface area contributed by atoms with Crippen LogP contribution in [-0.4, -0.2) is 58.0 Å². The van der Waals surface area contributed by atoms with Gasteiger partial charge in [0.2, 0.25) is 0 Å². The van der Waals surface area contributed by atoms with Gasteiger partial charge in [-0.2, -0.15) is 0 Å². The zero-order chi connectivity index (χ0) is 18.7. The number of rotatable bonds is 3. The summed E-state index contributed by atoms with van der Waals surface area (Å²) < 4.78 is 7.89. The highest BCUT2D eigenvalue weighted by Gasteiger charge is 2.38. The van der Waals surface area contributed by atoms with Gasteiger partial charge >= 0.3 is 0 Å². The zero-order valence-electron chi connectivity index (χ0n) is 17.3. The van der Waals surface area contributed by atoms with Gasteiger partial charge in [0.15, 0.2) is 11.8 Å². The number of likely N-dealkylation sites (tertiary alicyclic amines) is 1. The number of halogens is 1. The molecule has 1 unspecified atom stereocenters. The van der Waals surface area contributed by atoms with Gasteiger partial charge in [-0.05, 0) is 45.4 Å². The van der Waals surface area contributed by atoms with Gasteiger partial charge in [-0.25, -0.2) is 4.99 Å². The fraction of sp³-hybridized carbons (Fsp3) is 0.850. The lowest BCUT2D eigenvalue weighted by molar-refractivity contribution is -0.0371. The highest BCUT2D eigenvalue weighted by atomic mass is 127. The van der Waals surface area contributed by atoms with Gasteiger partial charge < -0.3 is 19.5 Å². The number of aromatic nitrogens is 3. The van der Waals surface area contributed by atoms with Crippen molar-refractivity contribution in [2.45, 2.75) is 70.9 Å². The maximum absolute atomic E-state index is 5.86. The number of guanidine groups is 1. The smallest absolute Gasteiger partial charge is 0.194 e. The van der Waals surface area contributed by atoms with Crippen LogP contribution < -0.4 is 5.32 Å². The second-order valence-electron chi connectivity index (χ2n) is 8.67. The number of piperidine rings is 1. The van der Waals surface area contributed by atoms with Crippen molar-refractivity contribution in [3.8, 4) is 0 Å². The highest BCUT2D eigenvalue weighted by Crippen LogP contribution is 2.37. The molecule has 3 aliphatic rings. The molecule has 3 heterocycles. The van der Waals surface area contributed by atoms with E-state index in [0.29, 0.717) is 18.0 Å². The number of hydrogen-bond acceptors (Lipinski definition) is 4. The lowest BCUT2D eigenvalue weighted by atomic mass is 9.76. The van der Waals surface area contributed by atoms with E-state index in [1.54, 1.807) is 0 Å². The van der Waals surface area contributed by atoms with E-state index in [4.69, 9.17) is 9.73 Å². The number of nitrogens with zero attached hydrogens (tertiary/aromatic N) is 5. The SMILES string of the molecule is Cc1nnc(CN=C(NC2CCCC2)N2CCCC3(CCCOC3)C2)n1C.I. The number of hydrogen-bond donors (Lipinski definition) is 1. The van der Waals surface area contributed by atoms with Crippen LogP contribution in [0.1, 0.15) is 63.0 Å². The van der Waals surface area contributed by atoms with Gasteiger partial charge in [0, 0.05) is 38.2 Å². The topological polar surface area (TPSA) is 67.6 Å².